The van der Waals surface area contributed by atoms with Gasteiger partial charge in [-0.25, -0.2) is 0 Å². The van der Waals surface area contributed by atoms with Crippen LogP contribution in [0.5, 0.6) is 0 Å². The Balaban J connectivity index is 2.28. The molecular weight excluding hydrogens is 264 g/mol. The van der Waals surface area contributed by atoms with Gasteiger partial charge in [0.2, 0.25) is 11.8 Å². The Kier molecular flexibility index (Phi) is 5.07. The van der Waals surface area contributed by atoms with E-state index >= 15 is 0 Å². The number of hydrogen-bond donors (Lipinski definition) is 1. The summed E-state index contributed by atoms with van der Waals surface area (Å²) in [6, 6.07) is -0.330. The van der Waals surface area contributed by atoms with Gasteiger partial charge in [-0.1, -0.05) is 39.2 Å². The van der Waals surface area contributed by atoms with Crippen LogP contribution in [0.15, 0.2) is 12.7 Å². The Bertz CT molecular complexity index is 409. The second kappa shape index (κ2) is 6.63. The van der Waals surface area contributed by atoms with Crippen molar-refractivity contribution in [3.05, 3.63) is 12.7 Å². The number of nitrogens with one attached hydrogen (secondary N) is 1. The van der Waals surface area contributed by atoms with Gasteiger partial charge in [-0.3, -0.25) is 9.59 Å². The summed E-state index contributed by atoms with van der Waals surface area (Å²) in [6.45, 7) is 8.17. The van der Waals surface area contributed by atoms with E-state index in [0.717, 1.165) is 12.8 Å². The molecule has 0 aromatic heterocycles. The van der Waals surface area contributed by atoms with Gasteiger partial charge in [-0.15, -0.1) is 6.58 Å². The van der Waals surface area contributed by atoms with Gasteiger partial charge in [0.1, 0.15) is 11.6 Å². The minimum Gasteiger partial charge on any atom is -0.342 e. The summed E-state index contributed by atoms with van der Waals surface area (Å²) in [6.07, 6.45) is 8.69. The SMILES string of the molecule is C=CCN1C(=O)C(C2CCCCC2)NC(=O)C1(CC)CC. The van der Waals surface area contributed by atoms with E-state index in [9.17, 15) is 9.59 Å². The van der Waals surface area contributed by atoms with E-state index in [2.05, 4.69) is 11.9 Å². The van der Waals surface area contributed by atoms with Crippen molar-refractivity contribution in [1.29, 1.82) is 0 Å². The van der Waals surface area contributed by atoms with Gasteiger partial charge in [0.15, 0.2) is 0 Å². The Labute approximate surface area is 128 Å². The third-order valence-electron chi connectivity index (χ3n) is 5.36. The second-order valence-corrected chi connectivity index (χ2v) is 6.33. The maximum Gasteiger partial charge on any atom is 0.246 e. The molecule has 2 aliphatic rings. The molecule has 1 atom stereocenters. The fourth-order valence-corrected chi connectivity index (χ4v) is 3.97. The average molecular weight is 292 g/mol. The van der Waals surface area contributed by atoms with Gasteiger partial charge in [0.25, 0.3) is 0 Å². The molecule has 21 heavy (non-hydrogen) atoms. The third-order valence-corrected chi connectivity index (χ3v) is 5.36. The van der Waals surface area contributed by atoms with Gasteiger partial charge in [0.05, 0.1) is 0 Å². The average Bonchev–Trinajstić information content (AvgIpc) is 2.52. The minimum absolute atomic E-state index is 0.0181. The van der Waals surface area contributed by atoms with Crippen molar-refractivity contribution in [2.75, 3.05) is 6.54 Å². The number of rotatable bonds is 5. The Morgan fingerprint density at radius 2 is 1.86 bits per heavy atom. The largest absolute Gasteiger partial charge is 0.342 e. The normalized spacial score (nSPS) is 26.6. The number of carbonyl (C=O) groups is 2. The number of piperazine rings is 1. The molecule has 1 heterocycles. The zero-order chi connectivity index (χ0) is 15.5. The van der Waals surface area contributed by atoms with Crippen molar-refractivity contribution in [3.8, 4) is 0 Å². The van der Waals surface area contributed by atoms with Gasteiger partial charge in [0, 0.05) is 6.54 Å². The molecule has 0 aromatic carbocycles. The van der Waals surface area contributed by atoms with Crippen LogP contribution in [0.2, 0.25) is 0 Å². The second-order valence-electron chi connectivity index (χ2n) is 6.33. The monoisotopic (exact) mass is 292 g/mol. The summed E-state index contributed by atoms with van der Waals surface area (Å²) >= 11 is 0. The zero-order valence-electron chi connectivity index (χ0n) is 13.4. The van der Waals surface area contributed by atoms with Crippen LogP contribution >= 0.6 is 0 Å². The van der Waals surface area contributed by atoms with Crippen LogP contribution in [0.1, 0.15) is 58.8 Å². The standard InChI is InChI=1S/C17H28N2O2/c1-4-12-19-15(20)14(13-10-8-7-9-11-13)18-16(21)17(19,5-2)6-3/h4,13-14H,1,5-12H2,2-3H3,(H,18,21). The summed E-state index contributed by atoms with van der Waals surface area (Å²) in [5, 5.41) is 3.05. The lowest BCUT2D eigenvalue weighted by molar-refractivity contribution is -0.159. The van der Waals surface area contributed by atoms with Gasteiger partial charge in [-0.05, 0) is 31.6 Å². The lowest BCUT2D eigenvalue weighted by Gasteiger charge is -2.49. The van der Waals surface area contributed by atoms with Crippen molar-refractivity contribution < 1.29 is 9.59 Å². The molecule has 2 fully saturated rings. The first-order valence-electron chi connectivity index (χ1n) is 8.34. The molecule has 4 heteroatoms. The zero-order valence-corrected chi connectivity index (χ0v) is 13.4. The molecular formula is C17H28N2O2. The molecule has 0 spiro atoms. The number of nitrogens with zero attached hydrogens (tertiary/aromatic N) is 1. The molecule has 1 saturated heterocycles. The predicted molar refractivity (Wildman–Crippen MR) is 83.7 cm³/mol. The highest BCUT2D eigenvalue weighted by atomic mass is 16.2. The predicted octanol–water partition coefficient (Wildman–Crippen LogP) is 2.64. The van der Waals surface area contributed by atoms with Crippen molar-refractivity contribution >= 4 is 11.8 Å². The molecule has 1 unspecified atom stereocenters. The van der Waals surface area contributed by atoms with Crippen molar-refractivity contribution in [2.24, 2.45) is 5.92 Å². The van der Waals surface area contributed by atoms with E-state index in [0.29, 0.717) is 25.3 Å². The minimum atomic E-state index is -0.698. The van der Waals surface area contributed by atoms with E-state index in [4.69, 9.17) is 0 Å². The van der Waals surface area contributed by atoms with Crippen LogP contribution in [0.4, 0.5) is 0 Å². The Morgan fingerprint density at radius 1 is 1.24 bits per heavy atom. The van der Waals surface area contributed by atoms with Crippen LogP contribution in [-0.2, 0) is 9.59 Å². The van der Waals surface area contributed by atoms with Gasteiger partial charge in [-0.2, -0.15) is 0 Å². The molecule has 1 aliphatic carbocycles. The van der Waals surface area contributed by atoms with E-state index in [1.807, 2.05) is 13.8 Å². The van der Waals surface area contributed by atoms with Gasteiger partial charge >= 0.3 is 0 Å². The highest BCUT2D eigenvalue weighted by molar-refractivity contribution is 6.00. The number of carbonyl (C=O) groups excluding carboxylic acids is 2. The van der Waals surface area contributed by atoms with Crippen LogP contribution < -0.4 is 5.32 Å². The Hall–Kier alpha value is -1.32. The van der Waals surface area contributed by atoms with E-state index in [-0.39, 0.29) is 17.9 Å². The molecule has 4 nitrogen and oxygen atoms in total. The van der Waals surface area contributed by atoms with Crippen LogP contribution in [0.25, 0.3) is 0 Å². The molecule has 2 rings (SSSR count). The fraction of sp³-hybridized carbons (Fsp3) is 0.765. The summed E-state index contributed by atoms with van der Waals surface area (Å²) in [4.78, 5) is 27.5. The summed E-state index contributed by atoms with van der Waals surface area (Å²) < 4.78 is 0. The summed E-state index contributed by atoms with van der Waals surface area (Å²) in [5.41, 5.74) is -0.698. The molecule has 118 valence electrons. The van der Waals surface area contributed by atoms with Crippen LogP contribution in [-0.4, -0.2) is 34.8 Å². The molecule has 1 saturated carbocycles. The molecule has 1 aliphatic heterocycles. The first-order chi connectivity index (χ1) is 10.1. The van der Waals surface area contributed by atoms with Crippen molar-refractivity contribution in [1.82, 2.24) is 10.2 Å². The maximum atomic E-state index is 13.0. The van der Waals surface area contributed by atoms with Crippen LogP contribution in [0, 0.1) is 5.92 Å². The lowest BCUT2D eigenvalue weighted by atomic mass is 9.79. The van der Waals surface area contributed by atoms with E-state index in [1.165, 1.54) is 19.3 Å². The Morgan fingerprint density at radius 3 is 2.38 bits per heavy atom. The van der Waals surface area contributed by atoms with E-state index < -0.39 is 5.54 Å². The number of hydrogen-bond acceptors (Lipinski definition) is 2. The smallest absolute Gasteiger partial charge is 0.246 e. The molecule has 1 N–H and O–H groups in total. The van der Waals surface area contributed by atoms with Crippen molar-refractivity contribution in [3.63, 3.8) is 0 Å². The summed E-state index contributed by atoms with van der Waals surface area (Å²) in [7, 11) is 0. The highest BCUT2D eigenvalue weighted by Crippen LogP contribution is 2.34. The molecule has 2 amide bonds. The van der Waals surface area contributed by atoms with Gasteiger partial charge < -0.3 is 10.2 Å². The van der Waals surface area contributed by atoms with Crippen LogP contribution in [0.3, 0.4) is 0 Å². The molecule has 0 aromatic rings. The van der Waals surface area contributed by atoms with Crippen molar-refractivity contribution in [2.45, 2.75) is 70.4 Å². The molecule has 0 radical (unpaired) electrons. The third kappa shape index (κ3) is 2.72. The maximum absolute atomic E-state index is 13.0. The quantitative estimate of drug-likeness (QED) is 0.792. The van der Waals surface area contributed by atoms with E-state index in [1.54, 1.807) is 11.0 Å². The highest BCUT2D eigenvalue weighted by Gasteiger charge is 2.51. The number of amides is 2. The topological polar surface area (TPSA) is 49.4 Å². The summed E-state index contributed by atoms with van der Waals surface area (Å²) in [5.74, 6) is 0.406. The first-order valence-corrected chi connectivity index (χ1v) is 8.34. The molecule has 0 bridgehead atoms. The first kappa shape index (κ1) is 16.1. The lowest BCUT2D eigenvalue weighted by Crippen LogP contribution is -2.71. The fourth-order valence-electron chi connectivity index (χ4n) is 3.97.